The zero-order chi connectivity index (χ0) is 16.4. The van der Waals surface area contributed by atoms with Gasteiger partial charge in [0.25, 0.3) is 0 Å². The van der Waals surface area contributed by atoms with Gasteiger partial charge in [0.15, 0.2) is 5.78 Å². The molecular weight excluding hydrogens is 268 g/mol. The lowest BCUT2D eigenvalue weighted by molar-refractivity contribution is -0.125. The Labute approximate surface area is 130 Å². The van der Waals surface area contributed by atoms with E-state index >= 15 is 0 Å². The molecule has 0 aromatic carbocycles. The summed E-state index contributed by atoms with van der Waals surface area (Å²) in [6, 6.07) is 0. The van der Waals surface area contributed by atoms with E-state index in [1.54, 1.807) is 0 Å². The number of hydrogen-bond acceptors (Lipinski definition) is 5. The van der Waals surface area contributed by atoms with Gasteiger partial charge in [0.1, 0.15) is 0 Å². The third kappa shape index (κ3) is 14.2. The summed E-state index contributed by atoms with van der Waals surface area (Å²) in [6.45, 7) is 16.6. The van der Waals surface area contributed by atoms with Crippen LogP contribution in [0.2, 0.25) is 0 Å². The van der Waals surface area contributed by atoms with Crippen molar-refractivity contribution in [3.05, 3.63) is 0 Å². The van der Waals surface area contributed by atoms with Crippen molar-refractivity contribution in [1.29, 1.82) is 0 Å². The minimum Gasteiger partial charge on any atom is -0.378 e. The second-order valence-electron chi connectivity index (χ2n) is 7.25. The molecule has 0 heterocycles. The smallest absolute Gasteiger partial charge is 0.151 e. The molecule has 0 bridgehead atoms. The first-order valence-corrected chi connectivity index (χ1v) is 7.77. The fraction of sp³-hybridized carbons (Fsp3) is 0.938. The van der Waals surface area contributed by atoms with Gasteiger partial charge in [-0.3, -0.25) is 4.79 Å². The summed E-state index contributed by atoms with van der Waals surface area (Å²) < 4.78 is 10.9. The Morgan fingerprint density at radius 1 is 0.857 bits per heavy atom. The minimum atomic E-state index is -0.275. The highest BCUT2D eigenvalue weighted by atomic mass is 16.5. The fourth-order valence-electron chi connectivity index (χ4n) is 1.43. The molecule has 0 unspecified atom stereocenters. The van der Waals surface area contributed by atoms with Crippen molar-refractivity contribution in [1.82, 2.24) is 10.6 Å². The monoisotopic (exact) mass is 302 g/mol. The standard InChI is InChI=1S/C16H34N2O3/c1-15(2,3)14(19)13-17-7-9-20-11-12-21-10-8-18-16(4,5)6/h17-18H,7-13H2,1-6H3. The summed E-state index contributed by atoms with van der Waals surface area (Å²) in [5, 5.41) is 6.45. The van der Waals surface area contributed by atoms with Crippen molar-refractivity contribution < 1.29 is 14.3 Å². The second-order valence-corrected chi connectivity index (χ2v) is 7.25. The molecule has 0 amide bonds. The van der Waals surface area contributed by atoms with Crippen LogP contribution < -0.4 is 10.6 Å². The van der Waals surface area contributed by atoms with Gasteiger partial charge in [0.05, 0.1) is 33.0 Å². The van der Waals surface area contributed by atoms with Crippen LogP contribution in [0.1, 0.15) is 41.5 Å². The van der Waals surface area contributed by atoms with Crippen molar-refractivity contribution in [3.63, 3.8) is 0 Å². The van der Waals surface area contributed by atoms with E-state index in [1.807, 2.05) is 20.8 Å². The number of ether oxygens (including phenoxy) is 2. The van der Waals surface area contributed by atoms with Crippen LogP contribution in [-0.4, -0.2) is 57.4 Å². The summed E-state index contributed by atoms with van der Waals surface area (Å²) in [5.74, 6) is 0.220. The van der Waals surface area contributed by atoms with E-state index in [0.29, 0.717) is 39.5 Å². The molecule has 0 saturated heterocycles. The molecule has 0 aliphatic heterocycles. The number of rotatable bonds is 11. The Kier molecular flexibility index (Phi) is 10.0. The average Bonchev–Trinajstić information content (AvgIpc) is 2.33. The predicted molar refractivity (Wildman–Crippen MR) is 86.7 cm³/mol. The van der Waals surface area contributed by atoms with Crippen LogP contribution in [-0.2, 0) is 14.3 Å². The SMILES string of the molecule is CC(C)(C)NCCOCCOCCNCC(=O)C(C)(C)C. The van der Waals surface area contributed by atoms with Gasteiger partial charge >= 0.3 is 0 Å². The normalized spacial score (nSPS) is 12.7. The first-order valence-electron chi connectivity index (χ1n) is 7.77. The summed E-state index contributed by atoms with van der Waals surface area (Å²) in [5.41, 5.74) is -0.140. The van der Waals surface area contributed by atoms with Gasteiger partial charge < -0.3 is 20.1 Å². The van der Waals surface area contributed by atoms with Gasteiger partial charge in [-0.1, -0.05) is 20.8 Å². The third-order valence-corrected chi connectivity index (χ3v) is 2.82. The highest BCUT2D eigenvalue weighted by Gasteiger charge is 2.19. The maximum Gasteiger partial charge on any atom is 0.151 e. The molecule has 0 aromatic heterocycles. The van der Waals surface area contributed by atoms with Gasteiger partial charge in [0, 0.05) is 24.0 Å². The van der Waals surface area contributed by atoms with Gasteiger partial charge in [-0.2, -0.15) is 0 Å². The maximum atomic E-state index is 11.6. The molecule has 5 nitrogen and oxygen atoms in total. The van der Waals surface area contributed by atoms with Crippen LogP contribution in [0.4, 0.5) is 0 Å². The number of hydrogen-bond donors (Lipinski definition) is 2. The molecule has 21 heavy (non-hydrogen) atoms. The number of ketones is 1. The van der Waals surface area contributed by atoms with Crippen LogP contribution in [0.3, 0.4) is 0 Å². The van der Waals surface area contributed by atoms with E-state index < -0.39 is 0 Å². The maximum absolute atomic E-state index is 11.6. The Balaban J connectivity index is 3.25. The lowest BCUT2D eigenvalue weighted by atomic mass is 9.91. The van der Waals surface area contributed by atoms with Crippen LogP contribution in [0.25, 0.3) is 0 Å². The molecule has 0 rings (SSSR count). The summed E-state index contributed by atoms with van der Waals surface area (Å²) in [4.78, 5) is 11.6. The number of Topliss-reactive ketones (excluding diaryl/α,β-unsaturated/α-hetero) is 1. The van der Waals surface area contributed by atoms with Crippen molar-refractivity contribution in [2.45, 2.75) is 47.1 Å². The van der Waals surface area contributed by atoms with Gasteiger partial charge in [-0.25, -0.2) is 0 Å². The Hall–Kier alpha value is -0.490. The zero-order valence-corrected chi connectivity index (χ0v) is 14.7. The van der Waals surface area contributed by atoms with E-state index in [1.165, 1.54) is 0 Å². The van der Waals surface area contributed by atoms with E-state index in [2.05, 4.69) is 31.4 Å². The van der Waals surface area contributed by atoms with E-state index in [-0.39, 0.29) is 16.7 Å². The molecule has 2 N–H and O–H groups in total. The molecule has 5 heteroatoms. The molecular formula is C16H34N2O3. The van der Waals surface area contributed by atoms with Crippen molar-refractivity contribution in [2.24, 2.45) is 5.41 Å². The van der Waals surface area contributed by atoms with E-state index in [9.17, 15) is 4.79 Å². The highest BCUT2D eigenvalue weighted by Crippen LogP contribution is 2.13. The van der Waals surface area contributed by atoms with Crippen LogP contribution >= 0.6 is 0 Å². The molecule has 0 fully saturated rings. The van der Waals surface area contributed by atoms with Crippen LogP contribution in [0.5, 0.6) is 0 Å². The van der Waals surface area contributed by atoms with Crippen LogP contribution in [0.15, 0.2) is 0 Å². The predicted octanol–water partition coefficient (Wildman–Crippen LogP) is 1.61. The Morgan fingerprint density at radius 3 is 1.86 bits per heavy atom. The topological polar surface area (TPSA) is 59.6 Å². The number of nitrogens with one attached hydrogen (secondary N) is 2. The van der Waals surface area contributed by atoms with E-state index in [0.717, 1.165) is 6.54 Å². The Bertz CT molecular complexity index is 280. The summed E-state index contributed by atoms with van der Waals surface area (Å²) in [7, 11) is 0. The molecule has 0 saturated carbocycles. The fourth-order valence-corrected chi connectivity index (χ4v) is 1.43. The quantitative estimate of drug-likeness (QED) is 0.568. The lowest BCUT2D eigenvalue weighted by Crippen LogP contribution is -2.38. The molecule has 0 radical (unpaired) electrons. The van der Waals surface area contributed by atoms with Crippen molar-refractivity contribution in [3.8, 4) is 0 Å². The molecule has 0 aromatic rings. The highest BCUT2D eigenvalue weighted by molar-refractivity contribution is 5.85. The largest absolute Gasteiger partial charge is 0.378 e. The third-order valence-electron chi connectivity index (χ3n) is 2.82. The van der Waals surface area contributed by atoms with Gasteiger partial charge in [-0.05, 0) is 20.8 Å². The summed E-state index contributed by atoms with van der Waals surface area (Å²) in [6.07, 6.45) is 0. The number of carbonyl (C=O) groups is 1. The minimum absolute atomic E-state index is 0.135. The molecule has 0 aliphatic carbocycles. The molecule has 0 spiro atoms. The van der Waals surface area contributed by atoms with Crippen molar-refractivity contribution in [2.75, 3.05) is 46.1 Å². The molecule has 0 aliphatic rings. The lowest BCUT2D eigenvalue weighted by Gasteiger charge is -2.20. The van der Waals surface area contributed by atoms with Gasteiger partial charge in [0.2, 0.25) is 0 Å². The Morgan fingerprint density at radius 2 is 1.38 bits per heavy atom. The van der Waals surface area contributed by atoms with Gasteiger partial charge in [-0.15, -0.1) is 0 Å². The average molecular weight is 302 g/mol. The first-order chi connectivity index (χ1) is 9.63. The summed E-state index contributed by atoms with van der Waals surface area (Å²) >= 11 is 0. The van der Waals surface area contributed by atoms with Crippen molar-refractivity contribution >= 4 is 5.78 Å². The molecule has 0 atom stereocenters. The van der Waals surface area contributed by atoms with E-state index in [4.69, 9.17) is 9.47 Å². The first kappa shape index (κ1) is 20.5. The number of carbonyl (C=O) groups excluding carboxylic acids is 1. The van der Waals surface area contributed by atoms with Crippen LogP contribution in [0, 0.1) is 5.41 Å². The second kappa shape index (κ2) is 10.3. The molecule has 126 valence electrons. The zero-order valence-electron chi connectivity index (χ0n) is 14.7.